The van der Waals surface area contributed by atoms with Gasteiger partial charge in [0.15, 0.2) is 6.61 Å². The van der Waals surface area contributed by atoms with Crippen LogP contribution in [0, 0.1) is 13.8 Å². The van der Waals surface area contributed by atoms with Crippen molar-refractivity contribution < 1.29 is 14.3 Å². The second-order valence-corrected chi connectivity index (χ2v) is 5.50. The van der Waals surface area contributed by atoms with E-state index in [1.165, 1.54) is 11.1 Å². The number of carbonyl (C=O) groups is 1. The maximum Gasteiger partial charge on any atom is 0.277 e. The van der Waals surface area contributed by atoms with Gasteiger partial charge in [0.25, 0.3) is 5.91 Å². The topological polar surface area (TPSA) is 59.9 Å². The standard InChI is InChI=1S/C19H22N2O3/c1-13-5-6-16(11-14(13)2)15(3)20-21-19(22)12-24-18-9-7-17(23-4)8-10-18/h5-11H,12H2,1-4H3,(H,21,22)/b20-15-. The third kappa shape index (κ3) is 4.84. The minimum atomic E-state index is -0.311. The molecule has 0 unspecified atom stereocenters. The maximum absolute atomic E-state index is 11.8. The normalized spacial score (nSPS) is 11.1. The van der Waals surface area contributed by atoms with E-state index in [4.69, 9.17) is 9.47 Å². The second-order valence-electron chi connectivity index (χ2n) is 5.50. The van der Waals surface area contributed by atoms with Gasteiger partial charge in [-0.25, -0.2) is 5.43 Å². The van der Waals surface area contributed by atoms with Crippen molar-refractivity contribution >= 4 is 11.6 Å². The van der Waals surface area contributed by atoms with Crippen LogP contribution in [0.5, 0.6) is 11.5 Å². The van der Waals surface area contributed by atoms with Crippen molar-refractivity contribution in [3.63, 3.8) is 0 Å². The number of methoxy groups -OCH3 is 1. The van der Waals surface area contributed by atoms with Gasteiger partial charge in [-0.3, -0.25) is 4.79 Å². The molecular formula is C19H22N2O3. The summed E-state index contributed by atoms with van der Waals surface area (Å²) in [5.74, 6) is 1.02. The highest BCUT2D eigenvalue weighted by Crippen LogP contribution is 2.16. The molecular weight excluding hydrogens is 304 g/mol. The lowest BCUT2D eigenvalue weighted by molar-refractivity contribution is -0.123. The fourth-order valence-corrected chi connectivity index (χ4v) is 2.03. The zero-order valence-corrected chi connectivity index (χ0v) is 14.4. The molecule has 1 N–H and O–H groups in total. The summed E-state index contributed by atoms with van der Waals surface area (Å²) in [5.41, 5.74) is 6.65. The highest BCUT2D eigenvalue weighted by molar-refractivity contribution is 5.99. The van der Waals surface area contributed by atoms with Gasteiger partial charge < -0.3 is 9.47 Å². The van der Waals surface area contributed by atoms with Gasteiger partial charge in [-0.1, -0.05) is 12.1 Å². The molecule has 2 aromatic rings. The summed E-state index contributed by atoms with van der Waals surface area (Å²) in [6.07, 6.45) is 0. The molecule has 0 aromatic heterocycles. The summed E-state index contributed by atoms with van der Waals surface area (Å²) >= 11 is 0. The average molecular weight is 326 g/mol. The highest BCUT2D eigenvalue weighted by atomic mass is 16.5. The fraction of sp³-hybridized carbons (Fsp3) is 0.263. The summed E-state index contributed by atoms with van der Waals surface area (Å²) in [4.78, 5) is 11.8. The summed E-state index contributed by atoms with van der Waals surface area (Å²) in [6.45, 7) is 5.86. The first-order valence-electron chi connectivity index (χ1n) is 7.67. The van der Waals surface area contributed by atoms with Crippen LogP contribution in [0.15, 0.2) is 47.6 Å². The predicted octanol–water partition coefficient (Wildman–Crippen LogP) is 3.23. The molecule has 0 fully saturated rings. The van der Waals surface area contributed by atoms with E-state index in [9.17, 15) is 4.79 Å². The number of hydrogen-bond acceptors (Lipinski definition) is 4. The van der Waals surface area contributed by atoms with E-state index in [-0.39, 0.29) is 12.5 Å². The number of hydrazone groups is 1. The lowest BCUT2D eigenvalue weighted by Crippen LogP contribution is -2.25. The van der Waals surface area contributed by atoms with E-state index < -0.39 is 0 Å². The van der Waals surface area contributed by atoms with Crippen molar-refractivity contribution in [2.75, 3.05) is 13.7 Å². The number of benzene rings is 2. The minimum absolute atomic E-state index is 0.101. The molecule has 0 aliphatic rings. The van der Waals surface area contributed by atoms with Crippen LogP contribution in [0.4, 0.5) is 0 Å². The zero-order chi connectivity index (χ0) is 17.5. The van der Waals surface area contributed by atoms with Gasteiger partial charge in [-0.05, 0) is 67.8 Å². The molecule has 0 heterocycles. The van der Waals surface area contributed by atoms with Gasteiger partial charge in [0, 0.05) is 0 Å². The van der Waals surface area contributed by atoms with Crippen LogP contribution in [0.3, 0.4) is 0 Å². The highest BCUT2D eigenvalue weighted by Gasteiger charge is 2.04. The Kier molecular flexibility index (Phi) is 5.95. The van der Waals surface area contributed by atoms with E-state index in [1.54, 1.807) is 31.4 Å². The van der Waals surface area contributed by atoms with Gasteiger partial charge in [0.1, 0.15) is 11.5 Å². The van der Waals surface area contributed by atoms with Crippen LogP contribution in [0.25, 0.3) is 0 Å². The molecule has 0 saturated heterocycles. The van der Waals surface area contributed by atoms with Gasteiger partial charge in [-0.15, -0.1) is 0 Å². The van der Waals surface area contributed by atoms with Crippen molar-refractivity contribution in [1.29, 1.82) is 0 Å². The number of rotatable bonds is 6. The van der Waals surface area contributed by atoms with Crippen LogP contribution in [0.1, 0.15) is 23.6 Å². The Balaban J connectivity index is 1.87. The second kappa shape index (κ2) is 8.15. The molecule has 0 radical (unpaired) electrons. The van der Waals surface area contributed by atoms with Crippen molar-refractivity contribution in [2.45, 2.75) is 20.8 Å². The van der Waals surface area contributed by atoms with Gasteiger partial charge >= 0.3 is 0 Å². The van der Waals surface area contributed by atoms with Crippen molar-refractivity contribution in [1.82, 2.24) is 5.43 Å². The Morgan fingerprint density at radius 2 is 1.71 bits per heavy atom. The Morgan fingerprint density at radius 1 is 1.04 bits per heavy atom. The molecule has 24 heavy (non-hydrogen) atoms. The molecule has 0 aliphatic carbocycles. The van der Waals surface area contributed by atoms with Crippen LogP contribution >= 0.6 is 0 Å². The Morgan fingerprint density at radius 3 is 2.33 bits per heavy atom. The van der Waals surface area contributed by atoms with Crippen LogP contribution in [-0.2, 0) is 4.79 Å². The SMILES string of the molecule is COc1ccc(OCC(=O)N/N=C(/C)c2ccc(C)c(C)c2)cc1. The molecule has 0 bridgehead atoms. The Hall–Kier alpha value is -2.82. The average Bonchev–Trinajstić information content (AvgIpc) is 2.60. The predicted molar refractivity (Wildman–Crippen MR) is 94.8 cm³/mol. The number of amides is 1. The molecule has 0 saturated carbocycles. The number of aryl methyl sites for hydroxylation is 2. The van der Waals surface area contributed by atoms with Crippen molar-refractivity contribution in [3.8, 4) is 11.5 Å². The minimum Gasteiger partial charge on any atom is -0.497 e. The molecule has 1 amide bonds. The molecule has 126 valence electrons. The Bertz CT molecular complexity index is 737. The van der Waals surface area contributed by atoms with E-state index >= 15 is 0 Å². The van der Waals surface area contributed by atoms with E-state index in [0.717, 1.165) is 17.0 Å². The largest absolute Gasteiger partial charge is 0.497 e. The third-order valence-corrected chi connectivity index (χ3v) is 3.70. The van der Waals surface area contributed by atoms with Crippen molar-refractivity contribution in [2.24, 2.45) is 5.10 Å². The van der Waals surface area contributed by atoms with Crippen molar-refractivity contribution in [3.05, 3.63) is 59.2 Å². The Labute approximate surface area is 142 Å². The molecule has 2 rings (SSSR count). The quantitative estimate of drug-likeness (QED) is 0.655. The monoisotopic (exact) mass is 326 g/mol. The lowest BCUT2D eigenvalue weighted by atomic mass is 10.0. The number of carbonyl (C=O) groups excluding carboxylic acids is 1. The van der Waals surface area contributed by atoms with Gasteiger partial charge in [0.05, 0.1) is 12.8 Å². The van der Waals surface area contributed by atoms with Gasteiger partial charge in [0.2, 0.25) is 0 Å². The molecule has 2 aromatic carbocycles. The molecule has 5 heteroatoms. The van der Waals surface area contributed by atoms with Crippen LogP contribution in [-0.4, -0.2) is 25.3 Å². The first-order valence-corrected chi connectivity index (χ1v) is 7.67. The van der Waals surface area contributed by atoms with E-state index in [1.807, 2.05) is 32.0 Å². The first kappa shape index (κ1) is 17.5. The molecule has 0 atom stereocenters. The summed E-state index contributed by atoms with van der Waals surface area (Å²) in [7, 11) is 1.60. The molecule has 0 spiro atoms. The van der Waals surface area contributed by atoms with Gasteiger partial charge in [-0.2, -0.15) is 5.10 Å². The fourth-order valence-electron chi connectivity index (χ4n) is 2.03. The van der Waals surface area contributed by atoms with E-state index in [2.05, 4.69) is 17.5 Å². The first-order chi connectivity index (χ1) is 11.5. The smallest absolute Gasteiger partial charge is 0.277 e. The number of nitrogens with one attached hydrogen (secondary N) is 1. The molecule has 0 aliphatic heterocycles. The number of hydrogen-bond donors (Lipinski definition) is 1. The number of ether oxygens (including phenoxy) is 2. The zero-order valence-electron chi connectivity index (χ0n) is 14.4. The third-order valence-electron chi connectivity index (χ3n) is 3.70. The maximum atomic E-state index is 11.8. The number of nitrogens with zero attached hydrogens (tertiary/aromatic N) is 1. The van der Waals surface area contributed by atoms with Crippen LogP contribution < -0.4 is 14.9 Å². The lowest BCUT2D eigenvalue weighted by Gasteiger charge is -2.07. The van der Waals surface area contributed by atoms with E-state index in [0.29, 0.717) is 5.75 Å². The summed E-state index contributed by atoms with van der Waals surface area (Å²) in [5, 5.41) is 4.12. The molecule has 5 nitrogen and oxygen atoms in total. The summed E-state index contributed by atoms with van der Waals surface area (Å²) < 4.78 is 10.5. The summed E-state index contributed by atoms with van der Waals surface area (Å²) in [6, 6.07) is 13.1. The van der Waals surface area contributed by atoms with Crippen LogP contribution in [0.2, 0.25) is 0 Å².